The molecule has 0 radical (unpaired) electrons. The van der Waals surface area contributed by atoms with Gasteiger partial charge in [-0.3, -0.25) is 4.79 Å². The van der Waals surface area contributed by atoms with Gasteiger partial charge in [0.15, 0.2) is 11.5 Å². The van der Waals surface area contributed by atoms with E-state index in [1.807, 2.05) is 58.6 Å². The summed E-state index contributed by atoms with van der Waals surface area (Å²) in [4.78, 5) is 13.6. The summed E-state index contributed by atoms with van der Waals surface area (Å²) < 4.78 is 18.1. The van der Waals surface area contributed by atoms with Crippen molar-refractivity contribution in [3.05, 3.63) is 77.4 Å². The molecule has 6 nitrogen and oxygen atoms in total. The van der Waals surface area contributed by atoms with E-state index in [0.717, 1.165) is 16.1 Å². The maximum absolute atomic E-state index is 13.6. The average molecular weight is 435 g/mol. The topological polar surface area (TPSA) is 75.7 Å². The second-order valence-electron chi connectivity index (χ2n) is 6.80. The number of nitrogens with zero attached hydrogens (tertiary/aromatic N) is 1. The van der Waals surface area contributed by atoms with E-state index in [-0.39, 0.29) is 5.78 Å². The Hall–Kier alpha value is -3.71. The van der Waals surface area contributed by atoms with Crippen molar-refractivity contribution in [3.8, 4) is 33.4 Å². The van der Waals surface area contributed by atoms with Gasteiger partial charge in [-0.05, 0) is 53.4 Å². The molecule has 0 aliphatic heterocycles. The summed E-state index contributed by atoms with van der Waals surface area (Å²) >= 11 is 1.55. The van der Waals surface area contributed by atoms with Crippen LogP contribution < -0.4 is 19.9 Å². The molecule has 0 aliphatic carbocycles. The number of anilines is 1. The molecule has 0 spiro atoms. The maximum atomic E-state index is 13.6. The van der Waals surface area contributed by atoms with Gasteiger partial charge in [-0.15, -0.1) is 11.3 Å². The number of thiophene rings is 1. The lowest BCUT2D eigenvalue weighted by molar-refractivity contribution is 0.103. The van der Waals surface area contributed by atoms with Crippen LogP contribution in [0.15, 0.2) is 66.2 Å². The van der Waals surface area contributed by atoms with Crippen molar-refractivity contribution in [2.24, 2.45) is 0 Å². The van der Waals surface area contributed by atoms with Crippen molar-refractivity contribution in [3.63, 3.8) is 0 Å². The molecule has 0 unspecified atom stereocenters. The number of carbonyl (C=O) groups excluding carboxylic acids is 1. The summed E-state index contributed by atoms with van der Waals surface area (Å²) in [5.41, 5.74) is 9.43. The monoisotopic (exact) mass is 434 g/mol. The van der Waals surface area contributed by atoms with Crippen LogP contribution in [-0.2, 0) is 0 Å². The minimum Gasteiger partial charge on any atom is -0.493 e. The number of hydrogen-bond donors (Lipinski definition) is 1. The first-order valence-electron chi connectivity index (χ1n) is 9.52. The van der Waals surface area contributed by atoms with Crippen LogP contribution in [0.1, 0.15) is 16.1 Å². The fraction of sp³-hybridized carbons (Fsp3) is 0.125. The van der Waals surface area contributed by atoms with Crippen molar-refractivity contribution in [2.45, 2.75) is 0 Å². The summed E-state index contributed by atoms with van der Waals surface area (Å²) in [5.74, 6) is 1.13. The van der Waals surface area contributed by atoms with Gasteiger partial charge in [-0.2, -0.15) is 0 Å². The lowest BCUT2D eigenvalue weighted by Crippen LogP contribution is -2.08. The molecule has 0 aliphatic rings. The van der Waals surface area contributed by atoms with Gasteiger partial charge >= 0.3 is 0 Å². The molecule has 31 heavy (non-hydrogen) atoms. The Morgan fingerprint density at radius 1 is 0.903 bits per heavy atom. The van der Waals surface area contributed by atoms with Gasteiger partial charge in [-0.1, -0.05) is 12.1 Å². The van der Waals surface area contributed by atoms with Gasteiger partial charge < -0.3 is 24.5 Å². The lowest BCUT2D eigenvalue weighted by Gasteiger charge is -2.14. The van der Waals surface area contributed by atoms with Gasteiger partial charge in [0, 0.05) is 23.0 Å². The van der Waals surface area contributed by atoms with Crippen LogP contribution in [0, 0.1) is 0 Å². The number of methoxy groups -OCH3 is 3. The Morgan fingerprint density at radius 3 is 2.23 bits per heavy atom. The van der Waals surface area contributed by atoms with Crippen molar-refractivity contribution >= 4 is 22.8 Å². The van der Waals surface area contributed by atoms with Crippen LogP contribution in [0.25, 0.3) is 16.1 Å². The van der Waals surface area contributed by atoms with E-state index >= 15 is 0 Å². The molecule has 2 heterocycles. The van der Waals surface area contributed by atoms with Gasteiger partial charge in [0.05, 0.1) is 32.0 Å². The van der Waals surface area contributed by atoms with E-state index in [2.05, 4.69) is 0 Å². The fourth-order valence-electron chi connectivity index (χ4n) is 3.46. The molecule has 0 atom stereocenters. The highest BCUT2D eigenvalue weighted by Crippen LogP contribution is 2.39. The van der Waals surface area contributed by atoms with E-state index in [1.165, 1.54) is 21.3 Å². The second-order valence-corrected chi connectivity index (χ2v) is 7.73. The molecule has 0 saturated carbocycles. The van der Waals surface area contributed by atoms with E-state index in [9.17, 15) is 4.79 Å². The summed E-state index contributed by atoms with van der Waals surface area (Å²) in [6, 6.07) is 16.7. The van der Waals surface area contributed by atoms with Gasteiger partial charge in [0.25, 0.3) is 0 Å². The van der Waals surface area contributed by atoms with E-state index in [0.29, 0.717) is 34.2 Å². The summed E-state index contributed by atoms with van der Waals surface area (Å²) in [5, 5.41) is 2.91. The number of hydrogen-bond acceptors (Lipinski definition) is 6. The quantitative estimate of drug-likeness (QED) is 0.326. The normalized spacial score (nSPS) is 10.7. The van der Waals surface area contributed by atoms with Crippen LogP contribution >= 0.6 is 11.3 Å². The fourth-order valence-corrected chi connectivity index (χ4v) is 4.18. The van der Waals surface area contributed by atoms with Crippen molar-refractivity contribution in [1.29, 1.82) is 0 Å². The SMILES string of the molecule is COc1cc(C(=O)c2cc(-c3cccc(N)c3)cn2-c2cccs2)cc(OC)c1OC. The van der Waals surface area contributed by atoms with Gasteiger partial charge in [-0.25, -0.2) is 0 Å². The highest BCUT2D eigenvalue weighted by molar-refractivity contribution is 7.12. The van der Waals surface area contributed by atoms with Crippen LogP contribution in [-0.4, -0.2) is 31.7 Å². The first kappa shape index (κ1) is 20.6. The van der Waals surface area contributed by atoms with Crippen molar-refractivity contribution in [2.75, 3.05) is 27.1 Å². The molecule has 0 saturated heterocycles. The largest absolute Gasteiger partial charge is 0.493 e. The van der Waals surface area contributed by atoms with Crippen LogP contribution in [0.3, 0.4) is 0 Å². The molecule has 0 fully saturated rings. The smallest absolute Gasteiger partial charge is 0.210 e. The highest BCUT2D eigenvalue weighted by atomic mass is 32.1. The van der Waals surface area contributed by atoms with Crippen molar-refractivity contribution < 1.29 is 19.0 Å². The zero-order valence-electron chi connectivity index (χ0n) is 17.4. The third kappa shape index (κ3) is 3.87. The number of ketones is 1. The molecule has 0 bridgehead atoms. The molecule has 0 amide bonds. The molecule has 2 aromatic heterocycles. The van der Waals surface area contributed by atoms with Crippen molar-refractivity contribution in [1.82, 2.24) is 4.57 Å². The van der Waals surface area contributed by atoms with Gasteiger partial charge in [0.2, 0.25) is 11.5 Å². The molecule has 2 aromatic carbocycles. The zero-order chi connectivity index (χ0) is 22.0. The summed E-state index contributed by atoms with van der Waals surface area (Å²) in [7, 11) is 4.58. The predicted octanol–water partition coefficient (Wildman–Crippen LogP) is 5.04. The van der Waals surface area contributed by atoms with E-state index < -0.39 is 0 Å². The van der Waals surface area contributed by atoms with Gasteiger partial charge in [0.1, 0.15) is 0 Å². The lowest BCUT2D eigenvalue weighted by atomic mass is 10.0. The number of benzene rings is 2. The average Bonchev–Trinajstić information content (AvgIpc) is 3.47. The number of nitrogen functional groups attached to an aromatic ring is 1. The Morgan fingerprint density at radius 2 is 1.65 bits per heavy atom. The highest BCUT2D eigenvalue weighted by Gasteiger charge is 2.22. The van der Waals surface area contributed by atoms with Crippen LogP contribution in [0.5, 0.6) is 17.2 Å². The zero-order valence-corrected chi connectivity index (χ0v) is 18.2. The Balaban J connectivity index is 1.86. The number of rotatable bonds is 7. The van der Waals surface area contributed by atoms with E-state index in [4.69, 9.17) is 19.9 Å². The van der Waals surface area contributed by atoms with E-state index in [1.54, 1.807) is 23.5 Å². The molecule has 158 valence electrons. The second kappa shape index (κ2) is 8.57. The third-order valence-electron chi connectivity index (χ3n) is 4.94. The number of nitrogens with two attached hydrogens (primary N) is 1. The molecule has 4 rings (SSSR count). The molecular weight excluding hydrogens is 412 g/mol. The number of carbonyl (C=O) groups is 1. The maximum Gasteiger partial charge on any atom is 0.210 e. The molecular formula is C24H22N2O4S. The number of ether oxygens (including phenoxy) is 3. The standard InChI is InChI=1S/C24H22N2O4S/c1-28-20-12-16(13-21(29-2)24(20)30-3)23(27)19-11-17(15-6-4-7-18(25)10-15)14-26(19)22-8-5-9-31-22/h4-14H,25H2,1-3H3. The Labute approximate surface area is 184 Å². The molecule has 7 heteroatoms. The Kier molecular flexibility index (Phi) is 5.68. The van der Waals surface area contributed by atoms with Crippen LogP contribution in [0.2, 0.25) is 0 Å². The summed E-state index contributed by atoms with van der Waals surface area (Å²) in [6.45, 7) is 0. The van der Waals surface area contributed by atoms with Crippen LogP contribution in [0.4, 0.5) is 5.69 Å². The Bertz CT molecular complexity index is 1200. The predicted molar refractivity (Wildman–Crippen MR) is 123 cm³/mol. The minimum absolute atomic E-state index is 0.164. The summed E-state index contributed by atoms with van der Waals surface area (Å²) in [6.07, 6.45) is 1.95. The first-order chi connectivity index (χ1) is 15.0. The first-order valence-corrected chi connectivity index (χ1v) is 10.4. The minimum atomic E-state index is -0.164. The molecule has 2 N–H and O–H groups in total. The third-order valence-corrected chi connectivity index (χ3v) is 5.81. The number of aromatic nitrogens is 1. The molecule has 4 aromatic rings.